The van der Waals surface area contributed by atoms with Gasteiger partial charge >= 0.3 is 11.9 Å². The highest BCUT2D eigenvalue weighted by atomic mass is 16.6. The first-order valence-corrected chi connectivity index (χ1v) is 8.95. The van der Waals surface area contributed by atoms with Crippen molar-refractivity contribution >= 4 is 18.0 Å². The van der Waals surface area contributed by atoms with Crippen molar-refractivity contribution in [2.24, 2.45) is 0 Å². The Kier molecular flexibility index (Phi) is 8.27. The Labute approximate surface area is 174 Å². The zero-order valence-electron chi connectivity index (χ0n) is 16.8. The number of para-hydroxylation sites is 2. The number of hydrogen-bond acceptors (Lipinski definition) is 8. The van der Waals surface area contributed by atoms with Gasteiger partial charge in [0.1, 0.15) is 11.6 Å². The summed E-state index contributed by atoms with van der Waals surface area (Å²) in [4.78, 5) is 23.9. The highest BCUT2D eigenvalue weighted by Crippen LogP contribution is 2.30. The van der Waals surface area contributed by atoms with Crippen molar-refractivity contribution in [1.29, 1.82) is 5.26 Å². The Morgan fingerprint density at radius 3 is 2.33 bits per heavy atom. The molecule has 2 aromatic rings. The number of carbonyl (C=O) groups is 2. The van der Waals surface area contributed by atoms with E-state index in [1.165, 1.54) is 32.4 Å². The monoisotopic (exact) mass is 411 g/mol. The summed E-state index contributed by atoms with van der Waals surface area (Å²) in [6, 6.07) is 13.3. The number of ether oxygens (including phenoxy) is 5. The van der Waals surface area contributed by atoms with E-state index in [0.717, 1.165) is 0 Å². The summed E-state index contributed by atoms with van der Waals surface area (Å²) < 4.78 is 26.0. The molecule has 0 aliphatic carbocycles. The van der Waals surface area contributed by atoms with Crippen LogP contribution in [0.1, 0.15) is 12.5 Å². The number of rotatable bonds is 9. The molecule has 0 bridgehead atoms. The molecule has 0 amide bonds. The van der Waals surface area contributed by atoms with E-state index in [1.807, 2.05) is 0 Å². The molecule has 0 fully saturated rings. The Bertz CT molecular complexity index is 976. The quantitative estimate of drug-likeness (QED) is 0.268. The van der Waals surface area contributed by atoms with Gasteiger partial charge in [-0.3, -0.25) is 0 Å². The molecule has 8 heteroatoms. The van der Waals surface area contributed by atoms with Gasteiger partial charge in [-0.15, -0.1) is 0 Å². The van der Waals surface area contributed by atoms with Crippen LogP contribution in [0.15, 0.2) is 48.0 Å². The predicted molar refractivity (Wildman–Crippen MR) is 107 cm³/mol. The summed E-state index contributed by atoms with van der Waals surface area (Å²) in [5, 5.41) is 9.13. The molecule has 0 aliphatic rings. The van der Waals surface area contributed by atoms with Gasteiger partial charge in [-0.2, -0.15) is 5.26 Å². The summed E-state index contributed by atoms with van der Waals surface area (Å²) in [5.41, 5.74) is 0.343. The molecule has 0 aliphatic heterocycles. The van der Waals surface area contributed by atoms with Gasteiger partial charge in [0, 0.05) is 0 Å². The van der Waals surface area contributed by atoms with Crippen LogP contribution in [0.25, 0.3) is 6.08 Å². The zero-order valence-corrected chi connectivity index (χ0v) is 16.8. The maximum absolute atomic E-state index is 12.2. The van der Waals surface area contributed by atoms with Gasteiger partial charge in [0.15, 0.2) is 29.6 Å². The fourth-order valence-corrected chi connectivity index (χ4v) is 2.40. The summed E-state index contributed by atoms with van der Waals surface area (Å²) in [6.45, 7) is 1.47. The van der Waals surface area contributed by atoms with Crippen molar-refractivity contribution < 1.29 is 33.3 Å². The Balaban J connectivity index is 2.10. The number of esters is 2. The minimum atomic E-state index is -0.719. The van der Waals surface area contributed by atoms with Crippen LogP contribution in [0.2, 0.25) is 0 Å². The van der Waals surface area contributed by atoms with E-state index in [-0.39, 0.29) is 30.3 Å². The topological polar surface area (TPSA) is 104 Å². The molecular formula is C22H21NO7. The van der Waals surface area contributed by atoms with Gasteiger partial charge in [0.25, 0.3) is 0 Å². The van der Waals surface area contributed by atoms with Crippen molar-refractivity contribution in [3.05, 3.63) is 53.6 Å². The normalized spacial score (nSPS) is 10.5. The van der Waals surface area contributed by atoms with Crippen molar-refractivity contribution in [2.45, 2.75) is 6.92 Å². The van der Waals surface area contributed by atoms with Crippen LogP contribution in [0.3, 0.4) is 0 Å². The van der Waals surface area contributed by atoms with E-state index < -0.39 is 11.9 Å². The molecule has 2 aromatic carbocycles. The summed E-state index contributed by atoms with van der Waals surface area (Å²) in [5.74, 6) is -0.0514. The highest BCUT2D eigenvalue weighted by Gasteiger charge is 2.14. The van der Waals surface area contributed by atoms with E-state index in [2.05, 4.69) is 0 Å². The number of methoxy groups -OCH3 is 2. The standard InChI is InChI=1S/C22H21NO7/c1-4-28-22(25)16(13-23)11-15-9-10-19(20(12-15)27-3)30-21(24)14-29-18-8-6-5-7-17(18)26-2/h5-12H,4,14H2,1-3H3/b16-11+. The molecule has 156 valence electrons. The summed E-state index contributed by atoms with van der Waals surface area (Å²) in [6.07, 6.45) is 1.36. The fraction of sp³-hybridized carbons (Fsp3) is 0.227. The van der Waals surface area contributed by atoms with E-state index in [9.17, 15) is 9.59 Å². The number of hydrogen-bond donors (Lipinski definition) is 0. The van der Waals surface area contributed by atoms with Crippen molar-refractivity contribution in [2.75, 3.05) is 27.4 Å². The van der Waals surface area contributed by atoms with Crippen LogP contribution in [0, 0.1) is 11.3 Å². The molecule has 0 heterocycles. The second kappa shape index (κ2) is 11.1. The third kappa shape index (κ3) is 6.01. The smallest absolute Gasteiger partial charge is 0.349 e. The molecule has 30 heavy (non-hydrogen) atoms. The van der Waals surface area contributed by atoms with Crippen LogP contribution in [-0.4, -0.2) is 39.4 Å². The highest BCUT2D eigenvalue weighted by molar-refractivity contribution is 5.98. The first-order valence-electron chi connectivity index (χ1n) is 8.95. The first-order chi connectivity index (χ1) is 14.5. The van der Waals surface area contributed by atoms with Crippen LogP contribution >= 0.6 is 0 Å². The van der Waals surface area contributed by atoms with Crippen LogP contribution in [0.4, 0.5) is 0 Å². The summed E-state index contributed by atoms with van der Waals surface area (Å²) >= 11 is 0. The van der Waals surface area contributed by atoms with Gasteiger partial charge in [0.2, 0.25) is 0 Å². The average molecular weight is 411 g/mol. The third-order valence-electron chi connectivity index (χ3n) is 3.75. The molecule has 0 saturated carbocycles. The molecule has 0 atom stereocenters. The maximum atomic E-state index is 12.2. The number of benzene rings is 2. The van der Waals surface area contributed by atoms with E-state index in [1.54, 1.807) is 43.3 Å². The SMILES string of the molecule is CCOC(=O)/C(C#N)=C/c1ccc(OC(=O)COc2ccccc2OC)c(OC)c1. The van der Waals surface area contributed by atoms with E-state index in [0.29, 0.717) is 17.1 Å². The lowest BCUT2D eigenvalue weighted by atomic mass is 10.1. The first kappa shape index (κ1) is 22.3. The molecule has 0 radical (unpaired) electrons. The average Bonchev–Trinajstić information content (AvgIpc) is 2.77. The van der Waals surface area contributed by atoms with E-state index >= 15 is 0 Å². The lowest BCUT2D eigenvalue weighted by Gasteiger charge is -2.12. The fourth-order valence-electron chi connectivity index (χ4n) is 2.40. The molecule has 0 N–H and O–H groups in total. The largest absolute Gasteiger partial charge is 0.493 e. The molecule has 0 aromatic heterocycles. The third-order valence-corrected chi connectivity index (χ3v) is 3.75. The molecule has 0 saturated heterocycles. The van der Waals surface area contributed by atoms with Crippen molar-refractivity contribution in [3.8, 4) is 29.1 Å². The maximum Gasteiger partial charge on any atom is 0.349 e. The minimum Gasteiger partial charge on any atom is -0.493 e. The van der Waals surface area contributed by atoms with Gasteiger partial charge in [-0.1, -0.05) is 18.2 Å². The van der Waals surface area contributed by atoms with Crippen LogP contribution in [-0.2, 0) is 14.3 Å². The molecule has 2 rings (SSSR count). The number of nitrogens with zero attached hydrogens (tertiary/aromatic N) is 1. The lowest BCUT2D eigenvalue weighted by Crippen LogP contribution is -2.18. The molecule has 0 unspecified atom stereocenters. The molecule has 0 spiro atoms. The predicted octanol–water partition coefficient (Wildman–Crippen LogP) is 3.16. The second-order valence-electron chi connectivity index (χ2n) is 5.71. The molecular weight excluding hydrogens is 390 g/mol. The van der Waals surface area contributed by atoms with Crippen molar-refractivity contribution in [3.63, 3.8) is 0 Å². The van der Waals surface area contributed by atoms with Crippen LogP contribution < -0.4 is 18.9 Å². The number of nitriles is 1. The minimum absolute atomic E-state index is 0.158. The molecule has 8 nitrogen and oxygen atoms in total. The Morgan fingerprint density at radius 2 is 1.70 bits per heavy atom. The van der Waals surface area contributed by atoms with E-state index in [4.69, 9.17) is 28.9 Å². The van der Waals surface area contributed by atoms with Crippen LogP contribution in [0.5, 0.6) is 23.0 Å². The lowest BCUT2D eigenvalue weighted by molar-refractivity contribution is -0.138. The number of carbonyl (C=O) groups excluding carboxylic acids is 2. The van der Waals surface area contributed by atoms with Gasteiger partial charge in [-0.25, -0.2) is 9.59 Å². The Hall–Kier alpha value is -3.99. The van der Waals surface area contributed by atoms with Gasteiger partial charge in [0.05, 0.1) is 20.8 Å². The zero-order chi connectivity index (χ0) is 21.9. The van der Waals surface area contributed by atoms with Gasteiger partial charge < -0.3 is 23.7 Å². The van der Waals surface area contributed by atoms with Gasteiger partial charge in [-0.05, 0) is 42.8 Å². The summed E-state index contributed by atoms with van der Waals surface area (Å²) in [7, 11) is 2.91. The van der Waals surface area contributed by atoms with Crippen molar-refractivity contribution in [1.82, 2.24) is 0 Å². The second-order valence-corrected chi connectivity index (χ2v) is 5.71. The Morgan fingerprint density at radius 1 is 1.00 bits per heavy atom.